The highest BCUT2D eigenvalue weighted by molar-refractivity contribution is 5.55. The first kappa shape index (κ1) is 18.5. The number of fused-ring (bicyclic) bond motifs is 1. The minimum atomic E-state index is -0.641. The zero-order valence-electron chi connectivity index (χ0n) is 15.6. The van der Waals surface area contributed by atoms with Gasteiger partial charge < -0.3 is 25.0 Å². The molecule has 27 heavy (non-hydrogen) atoms. The summed E-state index contributed by atoms with van der Waals surface area (Å²) in [4.78, 5) is 15.3. The van der Waals surface area contributed by atoms with Gasteiger partial charge in [-0.1, -0.05) is 12.1 Å². The SMILES string of the molecule is Cc1cc2c(c(=O)n1CCN(C)C)[C@@H](c1ccc(O)cc1)C(C#N)=C(N)O2. The molecule has 1 aromatic carbocycles. The number of nitrogens with zero attached hydrogens (tertiary/aromatic N) is 3. The van der Waals surface area contributed by atoms with Crippen LogP contribution < -0.4 is 16.0 Å². The lowest BCUT2D eigenvalue weighted by Crippen LogP contribution is -2.34. The molecule has 2 aromatic rings. The van der Waals surface area contributed by atoms with E-state index in [-0.39, 0.29) is 22.8 Å². The second-order valence-corrected chi connectivity index (χ2v) is 6.84. The molecule has 1 aliphatic rings. The van der Waals surface area contributed by atoms with E-state index in [9.17, 15) is 15.2 Å². The quantitative estimate of drug-likeness (QED) is 0.852. The minimum absolute atomic E-state index is 0.00656. The monoisotopic (exact) mass is 366 g/mol. The number of rotatable bonds is 4. The van der Waals surface area contributed by atoms with Gasteiger partial charge in [0, 0.05) is 24.8 Å². The highest BCUT2D eigenvalue weighted by Crippen LogP contribution is 2.40. The van der Waals surface area contributed by atoms with E-state index in [0.717, 1.165) is 5.69 Å². The van der Waals surface area contributed by atoms with E-state index in [2.05, 4.69) is 6.07 Å². The van der Waals surface area contributed by atoms with Gasteiger partial charge in [-0.05, 0) is 38.7 Å². The molecule has 0 fully saturated rings. The van der Waals surface area contributed by atoms with Crippen LogP contribution in [-0.4, -0.2) is 35.2 Å². The van der Waals surface area contributed by atoms with Crippen LogP contribution >= 0.6 is 0 Å². The average molecular weight is 366 g/mol. The Hall–Kier alpha value is -3.24. The predicted molar refractivity (Wildman–Crippen MR) is 101 cm³/mol. The van der Waals surface area contributed by atoms with E-state index in [1.54, 1.807) is 22.8 Å². The van der Waals surface area contributed by atoms with Crippen molar-refractivity contribution in [2.45, 2.75) is 19.4 Å². The van der Waals surface area contributed by atoms with Gasteiger partial charge in [0.2, 0.25) is 5.88 Å². The summed E-state index contributed by atoms with van der Waals surface area (Å²) in [6.07, 6.45) is 0. The lowest BCUT2D eigenvalue weighted by molar-refractivity contribution is 0.369. The van der Waals surface area contributed by atoms with Gasteiger partial charge in [0.25, 0.3) is 5.56 Å². The minimum Gasteiger partial charge on any atom is -0.508 e. The van der Waals surface area contributed by atoms with Crippen LogP contribution in [0.2, 0.25) is 0 Å². The zero-order valence-corrected chi connectivity index (χ0v) is 15.6. The largest absolute Gasteiger partial charge is 0.508 e. The number of phenolic OH excluding ortho intramolecular Hbond substituents is 1. The van der Waals surface area contributed by atoms with Gasteiger partial charge in [-0.2, -0.15) is 5.26 Å². The summed E-state index contributed by atoms with van der Waals surface area (Å²) in [5.41, 5.74) is 7.79. The van der Waals surface area contributed by atoms with Crippen LogP contribution in [0.25, 0.3) is 0 Å². The van der Waals surface area contributed by atoms with Crippen LogP contribution in [0.15, 0.2) is 46.6 Å². The molecular formula is C20H22N4O3. The number of aromatic hydroxyl groups is 1. The lowest BCUT2D eigenvalue weighted by atomic mass is 9.84. The van der Waals surface area contributed by atoms with Crippen molar-refractivity contribution >= 4 is 0 Å². The van der Waals surface area contributed by atoms with E-state index >= 15 is 0 Å². The summed E-state index contributed by atoms with van der Waals surface area (Å²) in [6.45, 7) is 3.07. The molecule has 7 nitrogen and oxygen atoms in total. The fourth-order valence-corrected chi connectivity index (χ4v) is 3.26. The first-order valence-electron chi connectivity index (χ1n) is 8.59. The van der Waals surface area contributed by atoms with Crippen molar-refractivity contribution in [2.24, 2.45) is 5.73 Å². The predicted octanol–water partition coefficient (Wildman–Crippen LogP) is 1.64. The number of nitriles is 1. The molecule has 3 rings (SSSR count). The fourth-order valence-electron chi connectivity index (χ4n) is 3.26. The van der Waals surface area contributed by atoms with Gasteiger partial charge in [-0.3, -0.25) is 4.79 Å². The highest BCUT2D eigenvalue weighted by atomic mass is 16.5. The van der Waals surface area contributed by atoms with Crippen LogP contribution in [0.3, 0.4) is 0 Å². The van der Waals surface area contributed by atoms with Gasteiger partial charge in [0.1, 0.15) is 23.1 Å². The third-order valence-corrected chi connectivity index (χ3v) is 4.69. The third-order valence-electron chi connectivity index (χ3n) is 4.69. The molecule has 0 radical (unpaired) electrons. The van der Waals surface area contributed by atoms with Crippen molar-refractivity contribution in [1.82, 2.24) is 9.47 Å². The van der Waals surface area contributed by atoms with Crippen LogP contribution in [0.1, 0.15) is 22.7 Å². The van der Waals surface area contributed by atoms with Gasteiger partial charge in [0.15, 0.2) is 0 Å². The molecule has 140 valence electrons. The van der Waals surface area contributed by atoms with Gasteiger partial charge >= 0.3 is 0 Å². The van der Waals surface area contributed by atoms with Crippen molar-refractivity contribution < 1.29 is 9.84 Å². The van der Waals surface area contributed by atoms with Gasteiger partial charge in [0.05, 0.1) is 11.5 Å². The van der Waals surface area contributed by atoms with Crippen molar-refractivity contribution in [3.05, 3.63) is 69.0 Å². The second kappa shape index (κ2) is 7.17. The van der Waals surface area contributed by atoms with Crippen molar-refractivity contribution in [1.29, 1.82) is 5.26 Å². The van der Waals surface area contributed by atoms with Crippen LogP contribution in [0.4, 0.5) is 0 Å². The summed E-state index contributed by atoms with van der Waals surface area (Å²) >= 11 is 0. The molecule has 1 aromatic heterocycles. The van der Waals surface area contributed by atoms with Crippen molar-refractivity contribution in [3.63, 3.8) is 0 Å². The summed E-state index contributed by atoms with van der Waals surface area (Å²) < 4.78 is 7.30. The number of hydrogen-bond acceptors (Lipinski definition) is 6. The smallest absolute Gasteiger partial charge is 0.258 e. The lowest BCUT2D eigenvalue weighted by Gasteiger charge is -2.27. The van der Waals surface area contributed by atoms with E-state index in [1.165, 1.54) is 12.1 Å². The number of allylic oxidation sites excluding steroid dienone is 1. The Morgan fingerprint density at radius 3 is 2.59 bits per heavy atom. The standard InChI is InChI=1S/C20H22N4O3/c1-12-10-16-18(20(26)24(12)9-8-23(2)3)17(15(11-21)19(22)27-16)13-4-6-14(25)7-5-13/h4-7,10,17,25H,8-9,22H2,1-3H3/t17-/m0/s1. The maximum Gasteiger partial charge on any atom is 0.258 e. The second-order valence-electron chi connectivity index (χ2n) is 6.84. The van der Waals surface area contributed by atoms with E-state index < -0.39 is 5.92 Å². The number of aromatic nitrogens is 1. The number of benzene rings is 1. The molecule has 0 saturated heterocycles. The molecule has 0 amide bonds. The van der Waals surface area contributed by atoms with Crippen molar-refractivity contribution in [3.8, 4) is 17.6 Å². The molecule has 1 aliphatic heterocycles. The van der Waals surface area contributed by atoms with E-state index in [0.29, 0.717) is 30.0 Å². The maximum atomic E-state index is 13.3. The summed E-state index contributed by atoms with van der Waals surface area (Å²) in [6, 6.07) is 10.3. The summed E-state index contributed by atoms with van der Waals surface area (Å²) in [5, 5.41) is 19.2. The first-order chi connectivity index (χ1) is 12.8. The molecule has 0 spiro atoms. The highest BCUT2D eigenvalue weighted by Gasteiger charge is 2.34. The first-order valence-corrected chi connectivity index (χ1v) is 8.59. The topological polar surface area (TPSA) is 105 Å². The number of nitrogens with two attached hydrogens (primary N) is 1. The van der Waals surface area contributed by atoms with E-state index in [4.69, 9.17) is 10.5 Å². The molecule has 0 bridgehead atoms. The number of ether oxygens (including phenoxy) is 1. The van der Waals surface area contributed by atoms with Crippen LogP contribution in [-0.2, 0) is 6.54 Å². The van der Waals surface area contributed by atoms with Crippen LogP contribution in [0.5, 0.6) is 11.5 Å². The zero-order chi connectivity index (χ0) is 19.7. The Bertz CT molecular complexity index is 998. The van der Waals surface area contributed by atoms with Gasteiger partial charge in [-0.15, -0.1) is 0 Å². The van der Waals surface area contributed by atoms with Crippen molar-refractivity contribution in [2.75, 3.05) is 20.6 Å². The van der Waals surface area contributed by atoms with Gasteiger partial charge in [-0.25, -0.2) is 0 Å². The Morgan fingerprint density at radius 2 is 2.00 bits per heavy atom. The Balaban J connectivity index is 2.22. The Morgan fingerprint density at radius 1 is 1.33 bits per heavy atom. The summed E-state index contributed by atoms with van der Waals surface area (Å²) in [5.74, 6) is -0.173. The normalized spacial score (nSPS) is 16.0. The fraction of sp³-hybridized carbons (Fsp3) is 0.300. The molecule has 0 aliphatic carbocycles. The molecule has 2 heterocycles. The number of hydrogen-bond donors (Lipinski definition) is 2. The van der Waals surface area contributed by atoms with Crippen LogP contribution in [0, 0.1) is 18.3 Å². The third kappa shape index (κ3) is 3.39. The number of aryl methyl sites for hydroxylation is 1. The average Bonchev–Trinajstić information content (AvgIpc) is 2.61. The number of phenols is 1. The molecular weight excluding hydrogens is 344 g/mol. The molecule has 1 atom stereocenters. The summed E-state index contributed by atoms with van der Waals surface area (Å²) in [7, 11) is 3.89. The Labute approximate surface area is 157 Å². The van der Waals surface area contributed by atoms with E-state index in [1.807, 2.05) is 25.9 Å². The molecule has 0 saturated carbocycles. The number of pyridine rings is 1. The molecule has 3 N–H and O–H groups in total. The number of likely N-dealkylation sites (N-methyl/N-ethyl adjacent to an activating group) is 1. The molecule has 0 unspecified atom stereocenters. The molecule has 7 heteroatoms. The Kier molecular flexibility index (Phi) is 4.93. The maximum absolute atomic E-state index is 13.3.